The van der Waals surface area contributed by atoms with Crippen molar-refractivity contribution in [2.45, 2.75) is 44.1 Å². The number of aromatic nitrogens is 3. The van der Waals surface area contributed by atoms with Crippen molar-refractivity contribution in [3.63, 3.8) is 0 Å². The second kappa shape index (κ2) is 8.04. The molecule has 1 N–H and O–H groups in total. The maximum atomic E-state index is 12.1. The van der Waals surface area contributed by atoms with Crippen LogP contribution in [0.3, 0.4) is 0 Å². The molecule has 0 unspecified atom stereocenters. The molecule has 7 nitrogen and oxygen atoms in total. The van der Waals surface area contributed by atoms with Gasteiger partial charge in [0.15, 0.2) is 0 Å². The van der Waals surface area contributed by atoms with Gasteiger partial charge < -0.3 is 9.64 Å². The van der Waals surface area contributed by atoms with Crippen LogP contribution in [-0.2, 0) is 0 Å². The third-order valence-corrected chi connectivity index (χ3v) is 6.94. The quantitative estimate of drug-likeness (QED) is 0.687. The molecule has 1 aliphatic heterocycles. The Morgan fingerprint density at radius 1 is 1.17 bits per heavy atom. The zero-order valence-electron chi connectivity index (χ0n) is 16.1. The Morgan fingerprint density at radius 3 is 2.83 bits per heavy atom. The summed E-state index contributed by atoms with van der Waals surface area (Å²) in [6, 6.07) is 6.49. The number of ether oxygens (including phenoxy) is 1. The Labute approximate surface area is 173 Å². The highest BCUT2D eigenvalue weighted by molar-refractivity contribution is 7.18. The smallest absolute Gasteiger partial charge is 0.389 e. The van der Waals surface area contributed by atoms with E-state index in [1.54, 1.807) is 11.3 Å². The minimum Gasteiger partial charge on any atom is -0.389 e. The van der Waals surface area contributed by atoms with E-state index < -0.39 is 6.09 Å². The molecule has 2 fully saturated rings. The van der Waals surface area contributed by atoms with Gasteiger partial charge in [0.05, 0.1) is 21.4 Å². The van der Waals surface area contributed by atoms with Crippen LogP contribution in [0.5, 0.6) is 5.88 Å². The van der Waals surface area contributed by atoms with Gasteiger partial charge in [-0.1, -0.05) is 6.42 Å². The summed E-state index contributed by atoms with van der Waals surface area (Å²) in [7, 11) is 0. The van der Waals surface area contributed by atoms with Gasteiger partial charge >= 0.3 is 6.09 Å². The molecular weight excluding hydrogens is 386 g/mol. The minimum atomic E-state index is -0.585. The minimum absolute atomic E-state index is 0.166. The van der Waals surface area contributed by atoms with Crippen LogP contribution in [-0.4, -0.2) is 45.1 Å². The molecule has 1 aromatic carbocycles. The molecule has 1 amide bonds. The number of thiazole rings is 1. The van der Waals surface area contributed by atoms with Gasteiger partial charge in [0, 0.05) is 30.0 Å². The topological polar surface area (TPSA) is 80.2 Å². The number of amides is 1. The van der Waals surface area contributed by atoms with Crippen molar-refractivity contribution in [2.24, 2.45) is 0 Å². The third-order valence-electron chi connectivity index (χ3n) is 5.76. The van der Waals surface area contributed by atoms with Crippen LogP contribution in [0.2, 0.25) is 0 Å². The van der Waals surface area contributed by atoms with E-state index in [0.717, 1.165) is 16.3 Å². The Kier molecular flexibility index (Phi) is 5.12. The lowest BCUT2D eigenvalue weighted by Gasteiger charge is -2.43. The molecule has 0 spiro atoms. The Hall–Kier alpha value is -2.58. The lowest BCUT2D eigenvalue weighted by atomic mass is 9.79. The molecule has 1 saturated heterocycles. The van der Waals surface area contributed by atoms with Crippen molar-refractivity contribution < 1.29 is 9.53 Å². The summed E-state index contributed by atoms with van der Waals surface area (Å²) in [5.74, 6) is 0.733. The molecule has 3 heterocycles. The fraction of sp³-hybridized carbons (Fsp3) is 0.429. The second-order valence-corrected chi connectivity index (χ2v) is 8.77. The average Bonchev–Trinajstić information content (AvgIpc) is 3.11. The lowest BCUT2D eigenvalue weighted by molar-refractivity contribution is 0.0888. The van der Waals surface area contributed by atoms with Gasteiger partial charge in [0.2, 0.25) is 5.88 Å². The van der Waals surface area contributed by atoms with E-state index in [2.05, 4.69) is 20.2 Å². The van der Waals surface area contributed by atoms with Crippen LogP contribution < -0.4 is 10.1 Å². The van der Waals surface area contributed by atoms with E-state index in [4.69, 9.17) is 9.72 Å². The molecule has 0 atom stereocenters. The molecule has 29 heavy (non-hydrogen) atoms. The van der Waals surface area contributed by atoms with E-state index >= 15 is 0 Å². The number of nitrogens with one attached hydrogen (secondary N) is 1. The summed E-state index contributed by atoms with van der Waals surface area (Å²) in [4.78, 5) is 27.4. The molecule has 1 aliphatic carbocycles. The number of nitrogens with zero attached hydrogens (tertiary/aromatic N) is 4. The van der Waals surface area contributed by atoms with Crippen molar-refractivity contribution in [2.75, 3.05) is 18.4 Å². The first kappa shape index (κ1) is 18.4. The van der Waals surface area contributed by atoms with Crippen molar-refractivity contribution in [3.05, 3.63) is 41.8 Å². The third kappa shape index (κ3) is 4.09. The van der Waals surface area contributed by atoms with Crippen molar-refractivity contribution in [1.82, 2.24) is 19.9 Å². The monoisotopic (exact) mass is 409 g/mol. The standard InChI is InChI=1S/C21H23N5O2S/c27-21(28-19-13-22-6-7-23-19)24-15-4-5-17-18(12-15)29-20(25-17)14-10-16(11-14)26-8-2-1-3-9-26/h4-7,12-14,16H,1-3,8-11H2,(H,24,27)/t14-,16+. The number of anilines is 1. The Morgan fingerprint density at radius 2 is 2.03 bits per heavy atom. The number of benzene rings is 1. The average molecular weight is 410 g/mol. The predicted octanol–water partition coefficient (Wildman–Crippen LogP) is 4.43. The van der Waals surface area contributed by atoms with Crippen LogP contribution >= 0.6 is 11.3 Å². The molecule has 0 bridgehead atoms. The molecule has 2 aromatic heterocycles. The highest BCUT2D eigenvalue weighted by Crippen LogP contribution is 2.43. The summed E-state index contributed by atoms with van der Waals surface area (Å²) in [5, 5.41) is 3.96. The fourth-order valence-corrected chi connectivity index (χ4v) is 5.27. The van der Waals surface area contributed by atoms with Gasteiger partial charge in [-0.3, -0.25) is 10.3 Å². The number of rotatable bonds is 4. The van der Waals surface area contributed by atoms with Crippen molar-refractivity contribution in [1.29, 1.82) is 0 Å². The molecule has 2 aliphatic rings. The van der Waals surface area contributed by atoms with Gasteiger partial charge in [-0.2, -0.15) is 0 Å². The maximum absolute atomic E-state index is 12.1. The first-order valence-electron chi connectivity index (χ1n) is 10.1. The van der Waals surface area contributed by atoms with Gasteiger partial charge in [0.25, 0.3) is 0 Å². The molecule has 150 valence electrons. The highest BCUT2D eigenvalue weighted by Gasteiger charge is 2.36. The maximum Gasteiger partial charge on any atom is 0.418 e. The lowest BCUT2D eigenvalue weighted by Crippen LogP contribution is -2.46. The van der Waals surface area contributed by atoms with Crippen molar-refractivity contribution in [3.8, 4) is 5.88 Å². The summed E-state index contributed by atoms with van der Waals surface area (Å²) in [5.41, 5.74) is 1.67. The summed E-state index contributed by atoms with van der Waals surface area (Å²) >= 11 is 1.73. The van der Waals surface area contributed by atoms with Crippen LogP contribution in [0.4, 0.5) is 10.5 Å². The summed E-state index contributed by atoms with van der Waals surface area (Å²) in [6.07, 6.45) is 10.3. The zero-order chi connectivity index (χ0) is 19.6. The van der Waals surface area contributed by atoms with Crippen molar-refractivity contribution >= 4 is 33.3 Å². The number of hydrogen-bond acceptors (Lipinski definition) is 7. The molecule has 8 heteroatoms. The van der Waals surface area contributed by atoms with Crippen LogP contribution in [0.1, 0.15) is 43.0 Å². The van der Waals surface area contributed by atoms with Crippen LogP contribution in [0.25, 0.3) is 10.2 Å². The van der Waals surface area contributed by atoms with Crippen LogP contribution in [0, 0.1) is 0 Å². The molecule has 5 rings (SSSR count). The van der Waals surface area contributed by atoms with Gasteiger partial charge in [0.1, 0.15) is 0 Å². The number of likely N-dealkylation sites (tertiary alicyclic amines) is 1. The van der Waals surface area contributed by atoms with E-state index in [9.17, 15) is 4.79 Å². The SMILES string of the molecule is O=C(Nc1ccc2nc([C@H]3C[C@@H](N4CCCCC4)C3)sc2c1)Oc1cnccn1. The van der Waals surface area contributed by atoms with E-state index in [1.807, 2.05) is 18.2 Å². The van der Waals surface area contributed by atoms with Gasteiger partial charge in [-0.25, -0.2) is 14.8 Å². The van der Waals surface area contributed by atoms with E-state index in [-0.39, 0.29) is 5.88 Å². The number of piperidine rings is 1. The Balaban J connectivity index is 1.22. The highest BCUT2D eigenvalue weighted by atomic mass is 32.1. The summed E-state index contributed by atoms with van der Waals surface area (Å²) < 4.78 is 6.21. The van der Waals surface area contributed by atoms with E-state index in [0.29, 0.717) is 11.6 Å². The summed E-state index contributed by atoms with van der Waals surface area (Å²) in [6.45, 7) is 2.52. The predicted molar refractivity (Wildman–Crippen MR) is 112 cm³/mol. The van der Waals surface area contributed by atoms with Crippen LogP contribution in [0.15, 0.2) is 36.8 Å². The zero-order valence-corrected chi connectivity index (χ0v) is 16.9. The van der Waals surface area contributed by atoms with Gasteiger partial charge in [-0.15, -0.1) is 11.3 Å². The number of fused-ring (bicyclic) bond motifs is 1. The first-order valence-corrected chi connectivity index (χ1v) is 11.0. The number of hydrogen-bond donors (Lipinski definition) is 1. The number of carbonyl (C=O) groups excluding carboxylic acids is 1. The molecule has 3 aromatic rings. The largest absolute Gasteiger partial charge is 0.418 e. The molecular formula is C21H23N5O2S. The molecule has 1 saturated carbocycles. The fourth-order valence-electron chi connectivity index (χ4n) is 4.14. The Bertz CT molecular complexity index is 997. The van der Waals surface area contributed by atoms with Gasteiger partial charge in [-0.05, 0) is 57.0 Å². The van der Waals surface area contributed by atoms with E-state index in [1.165, 1.54) is 68.8 Å². The second-order valence-electron chi connectivity index (χ2n) is 7.71. The number of carbonyl (C=O) groups is 1. The first-order chi connectivity index (χ1) is 14.2. The molecule has 0 radical (unpaired) electrons. The normalized spacial score (nSPS) is 22.2.